The highest BCUT2D eigenvalue weighted by Crippen LogP contribution is 2.12. The topological polar surface area (TPSA) is 46.5 Å². The van der Waals surface area contributed by atoms with Gasteiger partial charge in [0, 0.05) is 6.42 Å². The predicted octanol–water partition coefficient (Wildman–Crippen LogP) is 3.69. The third kappa shape index (κ3) is 13.5. The molecule has 0 heterocycles. The van der Waals surface area contributed by atoms with Gasteiger partial charge in [0.2, 0.25) is 0 Å². The lowest BCUT2D eigenvalue weighted by Gasteiger charge is -2.04. The van der Waals surface area contributed by atoms with Gasteiger partial charge in [-0.1, -0.05) is 58.8 Å². The van der Waals surface area contributed by atoms with Gasteiger partial charge in [0.25, 0.3) is 0 Å². The van der Waals surface area contributed by atoms with Crippen molar-refractivity contribution in [3.05, 3.63) is 0 Å². The van der Waals surface area contributed by atoms with Crippen LogP contribution in [0.2, 0.25) is 0 Å². The van der Waals surface area contributed by atoms with E-state index < -0.39 is 0 Å². The number of rotatable bonds is 12. The molecule has 0 fully saturated rings. The summed E-state index contributed by atoms with van der Waals surface area (Å²) in [5, 5.41) is 8.48. The van der Waals surface area contributed by atoms with Gasteiger partial charge in [-0.25, -0.2) is 0 Å². The molecule has 0 aliphatic heterocycles. The van der Waals surface area contributed by atoms with E-state index in [1.807, 2.05) is 0 Å². The van der Waals surface area contributed by atoms with Gasteiger partial charge < -0.3 is 9.84 Å². The maximum atomic E-state index is 11.1. The highest BCUT2D eigenvalue weighted by molar-refractivity contribution is 5.69. The molecular weight excluding hydrogens is 228 g/mol. The van der Waals surface area contributed by atoms with E-state index in [0.717, 1.165) is 18.8 Å². The monoisotopic (exact) mass is 258 g/mol. The molecule has 0 aromatic heterocycles. The minimum atomic E-state index is -0.180. The maximum Gasteiger partial charge on any atom is 0.305 e. The lowest BCUT2D eigenvalue weighted by molar-refractivity contribution is -0.144. The van der Waals surface area contributed by atoms with E-state index in [-0.39, 0.29) is 19.2 Å². The summed E-state index contributed by atoms with van der Waals surface area (Å²) in [6, 6.07) is 0. The van der Waals surface area contributed by atoms with Crippen molar-refractivity contribution in [3.63, 3.8) is 0 Å². The zero-order valence-corrected chi connectivity index (χ0v) is 12.1. The Kier molecular flexibility index (Phi) is 12.5. The second-order valence-electron chi connectivity index (χ2n) is 5.35. The van der Waals surface area contributed by atoms with Gasteiger partial charge in [-0.15, -0.1) is 0 Å². The Bertz CT molecular complexity index is 190. The molecule has 0 unspecified atom stereocenters. The number of ether oxygens (including phenoxy) is 1. The molecule has 0 saturated heterocycles. The largest absolute Gasteiger partial charge is 0.463 e. The first-order valence-electron chi connectivity index (χ1n) is 7.43. The van der Waals surface area contributed by atoms with E-state index in [1.165, 1.54) is 38.5 Å². The standard InChI is InChI=1S/C15H30O3/c1-14(2)10-8-6-4-3-5-7-9-11-15(17)18-13-12-16/h14,16H,3-13H2,1-2H3. The number of aliphatic hydroxyl groups excluding tert-OH is 1. The molecule has 0 rings (SSSR count). The summed E-state index contributed by atoms with van der Waals surface area (Å²) >= 11 is 0. The van der Waals surface area contributed by atoms with Gasteiger partial charge in [-0.2, -0.15) is 0 Å². The summed E-state index contributed by atoms with van der Waals surface area (Å²) in [5.74, 6) is 0.649. The number of carbonyl (C=O) groups is 1. The van der Waals surface area contributed by atoms with Crippen LogP contribution in [0.5, 0.6) is 0 Å². The molecule has 0 aliphatic carbocycles. The Hall–Kier alpha value is -0.570. The summed E-state index contributed by atoms with van der Waals surface area (Å²) in [5.41, 5.74) is 0. The molecule has 0 aromatic rings. The van der Waals surface area contributed by atoms with E-state index in [9.17, 15) is 4.79 Å². The summed E-state index contributed by atoms with van der Waals surface area (Å²) in [4.78, 5) is 11.1. The van der Waals surface area contributed by atoms with E-state index in [4.69, 9.17) is 9.84 Å². The molecule has 0 spiro atoms. The van der Waals surface area contributed by atoms with Gasteiger partial charge in [-0.3, -0.25) is 4.79 Å². The molecule has 108 valence electrons. The smallest absolute Gasteiger partial charge is 0.305 e. The average molecular weight is 258 g/mol. The second kappa shape index (κ2) is 12.9. The van der Waals surface area contributed by atoms with Crippen LogP contribution < -0.4 is 0 Å². The van der Waals surface area contributed by atoms with E-state index in [1.54, 1.807) is 0 Å². The summed E-state index contributed by atoms with van der Waals surface area (Å²) in [7, 11) is 0. The van der Waals surface area contributed by atoms with Crippen molar-refractivity contribution in [2.45, 2.75) is 71.6 Å². The van der Waals surface area contributed by atoms with E-state index in [0.29, 0.717) is 6.42 Å². The summed E-state index contributed by atoms with van der Waals surface area (Å²) in [6.45, 7) is 4.60. The average Bonchev–Trinajstić information content (AvgIpc) is 2.34. The van der Waals surface area contributed by atoms with Crippen molar-refractivity contribution in [3.8, 4) is 0 Å². The normalized spacial score (nSPS) is 10.9. The number of aliphatic hydroxyl groups is 1. The van der Waals surface area contributed by atoms with Crippen molar-refractivity contribution in [1.82, 2.24) is 0 Å². The minimum absolute atomic E-state index is 0.0812. The Balaban J connectivity index is 3.09. The fourth-order valence-corrected chi connectivity index (χ4v) is 1.94. The predicted molar refractivity (Wildman–Crippen MR) is 74.4 cm³/mol. The van der Waals surface area contributed by atoms with Gasteiger partial charge in [-0.05, 0) is 12.3 Å². The first-order valence-corrected chi connectivity index (χ1v) is 7.43. The molecule has 0 aromatic carbocycles. The molecule has 0 aliphatic rings. The van der Waals surface area contributed by atoms with E-state index in [2.05, 4.69) is 13.8 Å². The molecule has 0 radical (unpaired) electrons. The minimum Gasteiger partial charge on any atom is -0.463 e. The zero-order chi connectivity index (χ0) is 13.6. The fourth-order valence-electron chi connectivity index (χ4n) is 1.94. The third-order valence-electron chi connectivity index (χ3n) is 3.02. The molecule has 0 saturated carbocycles. The molecule has 3 heteroatoms. The van der Waals surface area contributed by atoms with Crippen LogP contribution in [0.25, 0.3) is 0 Å². The van der Waals surface area contributed by atoms with Crippen molar-refractivity contribution < 1.29 is 14.6 Å². The highest BCUT2D eigenvalue weighted by atomic mass is 16.5. The van der Waals surface area contributed by atoms with Gasteiger partial charge in [0.05, 0.1) is 6.61 Å². The Morgan fingerprint density at radius 2 is 1.56 bits per heavy atom. The summed E-state index contributed by atoms with van der Waals surface area (Å²) in [6.07, 6.45) is 10.4. The van der Waals surface area contributed by atoms with Crippen LogP contribution in [-0.4, -0.2) is 24.3 Å². The van der Waals surface area contributed by atoms with Crippen LogP contribution in [0.1, 0.15) is 71.6 Å². The molecule has 3 nitrogen and oxygen atoms in total. The third-order valence-corrected chi connectivity index (χ3v) is 3.02. The maximum absolute atomic E-state index is 11.1. The Labute approximate surface area is 112 Å². The number of hydrogen-bond donors (Lipinski definition) is 1. The second-order valence-corrected chi connectivity index (χ2v) is 5.35. The number of hydrogen-bond acceptors (Lipinski definition) is 3. The van der Waals surface area contributed by atoms with Crippen molar-refractivity contribution in [1.29, 1.82) is 0 Å². The highest BCUT2D eigenvalue weighted by Gasteiger charge is 2.01. The lowest BCUT2D eigenvalue weighted by atomic mass is 10.0. The van der Waals surface area contributed by atoms with Crippen LogP contribution >= 0.6 is 0 Å². The molecular formula is C15H30O3. The van der Waals surface area contributed by atoms with Crippen molar-refractivity contribution in [2.24, 2.45) is 5.92 Å². The van der Waals surface area contributed by atoms with Crippen LogP contribution in [-0.2, 0) is 9.53 Å². The number of carbonyl (C=O) groups excluding carboxylic acids is 1. The van der Waals surface area contributed by atoms with Gasteiger partial charge >= 0.3 is 5.97 Å². The summed E-state index contributed by atoms with van der Waals surface area (Å²) < 4.78 is 4.78. The van der Waals surface area contributed by atoms with Crippen molar-refractivity contribution >= 4 is 5.97 Å². The molecule has 0 bridgehead atoms. The van der Waals surface area contributed by atoms with E-state index >= 15 is 0 Å². The zero-order valence-electron chi connectivity index (χ0n) is 12.1. The van der Waals surface area contributed by atoms with Crippen LogP contribution in [0, 0.1) is 5.92 Å². The Morgan fingerprint density at radius 3 is 2.11 bits per heavy atom. The molecule has 0 amide bonds. The van der Waals surface area contributed by atoms with Crippen molar-refractivity contribution in [2.75, 3.05) is 13.2 Å². The molecule has 18 heavy (non-hydrogen) atoms. The molecule has 1 N–H and O–H groups in total. The van der Waals surface area contributed by atoms with Gasteiger partial charge in [0.15, 0.2) is 0 Å². The Morgan fingerprint density at radius 1 is 1.00 bits per heavy atom. The fraction of sp³-hybridized carbons (Fsp3) is 0.933. The van der Waals surface area contributed by atoms with Crippen LogP contribution in [0.3, 0.4) is 0 Å². The first kappa shape index (κ1) is 17.4. The quantitative estimate of drug-likeness (QED) is 0.429. The first-order chi connectivity index (χ1) is 8.66. The molecule has 0 atom stereocenters. The lowest BCUT2D eigenvalue weighted by Crippen LogP contribution is -2.07. The van der Waals surface area contributed by atoms with Crippen LogP contribution in [0.15, 0.2) is 0 Å². The van der Waals surface area contributed by atoms with Gasteiger partial charge in [0.1, 0.15) is 6.61 Å². The number of esters is 1. The number of unbranched alkanes of at least 4 members (excludes halogenated alkanes) is 6. The SMILES string of the molecule is CC(C)CCCCCCCCCC(=O)OCCO. The van der Waals surface area contributed by atoms with Crippen LogP contribution in [0.4, 0.5) is 0 Å².